The molecule has 108 valence electrons. The number of amidine groups is 1. The number of aryl methyl sites for hydroxylation is 2. The molecule has 1 aliphatic heterocycles. The van der Waals surface area contributed by atoms with Crippen molar-refractivity contribution in [2.24, 2.45) is 10.9 Å². The number of nitrogens with two attached hydrogens (primary N) is 1. The molecule has 1 atom stereocenters. The van der Waals surface area contributed by atoms with E-state index in [9.17, 15) is 4.79 Å². The highest BCUT2D eigenvalue weighted by Gasteiger charge is 2.32. The van der Waals surface area contributed by atoms with Crippen LogP contribution in [0.3, 0.4) is 0 Å². The lowest BCUT2D eigenvalue weighted by Crippen LogP contribution is -2.50. The first-order valence-electron chi connectivity index (χ1n) is 7.10. The molecule has 1 unspecified atom stereocenters. The molecular weight excluding hydrogens is 274 g/mol. The summed E-state index contributed by atoms with van der Waals surface area (Å²) in [6.07, 6.45) is 6.14. The van der Waals surface area contributed by atoms with Crippen LogP contribution in [-0.4, -0.2) is 34.4 Å². The lowest BCUT2D eigenvalue weighted by atomic mass is 10.0. The first-order chi connectivity index (χ1) is 9.70. The molecule has 3 N–H and O–H groups in total. The highest BCUT2D eigenvalue weighted by atomic mass is 32.1. The molecular formula is C14H19N3O2S. The van der Waals surface area contributed by atoms with Gasteiger partial charge in [0.1, 0.15) is 0 Å². The molecule has 0 spiro atoms. The molecule has 3 rings (SSSR count). The van der Waals surface area contributed by atoms with E-state index < -0.39 is 0 Å². The van der Waals surface area contributed by atoms with Gasteiger partial charge in [-0.15, -0.1) is 11.3 Å². The number of rotatable bonds is 2. The van der Waals surface area contributed by atoms with Gasteiger partial charge < -0.3 is 15.8 Å². The molecule has 1 aromatic rings. The largest absolute Gasteiger partial charge is 0.409 e. The third-order valence-electron chi connectivity index (χ3n) is 4.18. The molecule has 1 aromatic heterocycles. The summed E-state index contributed by atoms with van der Waals surface area (Å²) in [4.78, 5) is 16.6. The second-order valence-electron chi connectivity index (χ2n) is 5.45. The standard InChI is InChI=1S/C14H19N3O2S/c15-13(16-19)10-5-1-2-7-17(10)14(18)12-8-9-4-3-6-11(9)20-12/h8,10,19H,1-7H2,(H2,15,16). The third-order valence-corrected chi connectivity index (χ3v) is 5.40. The number of fused-ring (bicyclic) bond motifs is 1. The van der Waals surface area contributed by atoms with Crippen molar-refractivity contribution in [2.75, 3.05) is 6.54 Å². The fourth-order valence-corrected chi connectivity index (χ4v) is 4.33. The van der Waals surface area contributed by atoms with Crippen LogP contribution in [0.25, 0.3) is 0 Å². The fourth-order valence-electron chi connectivity index (χ4n) is 3.12. The number of hydrogen-bond acceptors (Lipinski definition) is 4. The number of hydrogen-bond donors (Lipinski definition) is 2. The normalized spacial score (nSPS) is 22.9. The van der Waals surface area contributed by atoms with Crippen molar-refractivity contribution in [3.63, 3.8) is 0 Å². The van der Waals surface area contributed by atoms with Gasteiger partial charge in [0.25, 0.3) is 5.91 Å². The van der Waals surface area contributed by atoms with Crippen molar-refractivity contribution in [1.82, 2.24) is 4.90 Å². The highest BCUT2D eigenvalue weighted by Crippen LogP contribution is 2.32. The van der Waals surface area contributed by atoms with E-state index in [-0.39, 0.29) is 17.8 Å². The van der Waals surface area contributed by atoms with Gasteiger partial charge in [-0.05, 0) is 50.2 Å². The summed E-state index contributed by atoms with van der Waals surface area (Å²) in [6, 6.07) is 1.77. The van der Waals surface area contributed by atoms with Gasteiger partial charge in [-0.1, -0.05) is 5.16 Å². The highest BCUT2D eigenvalue weighted by molar-refractivity contribution is 7.14. The van der Waals surface area contributed by atoms with Crippen LogP contribution in [0.1, 0.15) is 45.8 Å². The zero-order valence-corrected chi connectivity index (χ0v) is 12.2. The minimum Gasteiger partial charge on any atom is -0.409 e. The predicted octanol–water partition coefficient (Wildman–Crippen LogP) is 1.98. The Morgan fingerprint density at radius 3 is 3.00 bits per heavy atom. The minimum atomic E-state index is -0.266. The fraction of sp³-hybridized carbons (Fsp3) is 0.571. The molecule has 1 fully saturated rings. The van der Waals surface area contributed by atoms with E-state index >= 15 is 0 Å². The molecule has 0 aromatic carbocycles. The van der Waals surface area contributed by atoms with Crippen molar-refractivity contribution >= 4 is 23.1 Å². The van der Waals surface area contributed by atoms with Gasteiger partial charge in [0.2, 0.25) is 0 Å². The molecule has 6 heteroatoms. The Labute approximate surface area is 122 Å². The maximum Gasteiger partial charge on any atom is 0.264 e. The van der Waals surface area contributed by atoms with E-state index in [2.05, 4.69) is 5.16 Å². The van der Waals surface area contributed by atoms with Crippen molar-refractivity contribution in [3.05, 3.63) is 21.4 Å². The number of amides is 1. The number of carbonyl (C=O) groups is 1. The van der Waals surface area contributed by atoms with Crippen LogP contribution in [0.4, 0.5) is 0 Å². The molecule has 1 aliphatic carbocycles. The Hall–Kier alpha value is -1.56. The van der Waals surface area contributed by atoms with Gasteiger partial charge in [-0.2, -0.15) is 0 Å². The van der Waals surface area contributed by atoms with E-state index in [1.807, 2.05) is 6.07 Å². The molecule has 1 saturated heterocycles. The predicted molar refractivity (Wildman–Crippen MR) is 78.4 cm³/mol. The van der Waals surface area contributed by atoms with Crippen LogP contribution in [0, 0.1) is 0 Å². The molecule has 0 bridgehead atoms. The minimum absolute atomic E-state index is 0.0284. The molecule has 0 saturated carbocycles. The van der Waals surface area contributed by atoms with Crippen molar-refractivity contribution < 1.29 is 10.0 Å². The van der Waals surface area contributed by atoms with E-state index in [1.54, 1.807) is 16.2 Å². The molecule has 20 heavy (non-hydrogen) atoms. The van der Waals surface area contributed by atoms with Gasteiger partial charge in [-0.3, -0.25) is 4.79 Å². The Bertz CT molecular complexity index is 531. The van der Waals surface area contributed by atoms with E-state index in [0.29, 0.717) is 6.54 Å². The summed E-state index contributed by atoms with van der Waals surface area (Å²) in [5.74, 6) is 0.169. The van der Waals surface area contributed by atoms with E-state index in [1.165, 1.54) is 16.9 Å². The topological polar surface area (TPSA) is 78.9 Å². The van der Waals surface area contributed by atoms with Gasteiger partial charge >= 0.3 is 0 Å². The number of nitrogens with zero attached hydrogens (tertiary/aromatic N) is 2. The van der Waals surface area contributed by atoms with Gasteiger partial charge in [0, 0.05) is 11.4 Å². The molecule has 5 nitrogen and oxygen atoms in total. The SMILES string of the molecule is NC(=NO)C1CCCCN1C(=O)c1cc2c(s1)CCC2. The van der Waals surface area contributed by atoms with Crippen LogP contribution >= 0.6 is 11.3 Å². The maximum atomic E-state index is 12.7. The summed E-state index contributed by atoms with van der Waals surface area (Å²) in [6.45, 7) is 0.683. The molecule has 0 radical (unpaired) electrons. The summed E-state index contributed by atoms with van der Waals surface area (Å²) in [5.41, 5.74) is 7.07. The average molecular weight is 293 g/mol. The second kappa shape index (κ2) is 5.44. The van der Waals surface area contributed by atoms with Gasteiger partial charge in [0.05, 0.1) is 10.9 Å². The van der Waals surface area contributed by atoms with Gasteiger partial charge in [0.15, 0.2) is 5.84 Å². The number of thiophene rings is 1. The Morgan fingerprint density at radius 2 is 2.25 bits per heavy atom. The van der Waals surface area contributed by atoms with E-state index in [4.69, 9.17) is 10.9 Å². The summed E-state index contributed by atoms with van der Waals surface area (Å²) >= 11 is 1.61. The third kappa shape index (κ3) is 2.28. The monoisotopic (exact) mass is 293 g/mol. The van der Waals surface area contributed by atoms with Crippen LogP contribution in [-0.2, 0) is 12.8 Å². The lowest BCUT2D eigenvalue weighted by Gasteiger charge is -2.34. The van der Waals surface area contributed by atoms with Gasteiger partial charge in [-0.25, -0.2) is 0 Å². The lowest BCUT2D eigenvalue weighted by molar-refractivity contribution is 0.0681. The smallest absolute Gasteiger partial charge is 0.264 e. The maximum absolute atomic E-state index is 12.7. The number of piperidine rings is 1. The summed E-state index contributed by atoms with van der Waals surface area (Å²) in [5, 5.41) is 12.0. The molecule has 1 amide bonds. The average Bonchev–Trinajstić information content (AvgIpc) is 3.07. The van der Waals surface area contributed by atoms with Crippen LogP contribution in [0.2, 0.25) is 0 Å². The van der Waals surface area contributed by atoms with Crippen LogP contribution in [0.15, 0.2) is 11.2 Å². The second-order valence-corrected chi connectivity index (χ2v) is 6.58. The van der Waals surface area contributed by atoms with Crippen molar-refractivity contribution in [2.45, 2.75) is 44.6 Å². The Kier molecular flexibility index (Phi) is 3.65. The quantitative estimate of drug-likeness (QED) is 0.379. The van der Waals surface area contributed by atoms with Crippen molar-refractivity contribution in [3.8, 4) is 0 Å². The first kappa shape index (κ1) is 13.4. The van der Waals surface area contributed by atoms with Crippen LogP contribution in [0.5, 0.6) is 0 Å². The Morgan fingerprint density at radius 1 is 1.40 bits per heavy atom. The summed E-state index contributed by atoms with van der Waals surface area (Å²) < 4.78 is 0. The number of carbonyl (C=O) groups excluding carboxylic acids is 1. The van der Waals surface area contributed by atoms with Crippen LogP contribution < -0.4 is 5.73 Å². The zero-order valence-electron chi connectivity index (χ0n) is 11.3. The first-order valence-corrected chi connectivity index (χ1v) is 7.92. The molecule has 2 heterocycles. The van der Waals surface area contributed by atoms with Crippen molar-refractivity contribution in [1.29, 1.82) is 0 Å². The Balaban J connectivity index is 1.83. The number of oxime groups is 1. The number of likely N-dealkylation sites (tertiary alicyclic amines) is 1. The van der Waals surface area contributed by atoms with E-state index in [0.717, 1.165) is 37.0 Å². The summed E-state index contributed by atoms with van der Waals surface area (Å²) in [7, 11) is 0. The molecule has 2 aliphatic rings. The zero-order chi connectivity index (χ0) is 14.1.